The van der Waals surface area contributed by atoms with Gasteiger partial charge in [0.05, 0.1) is 10.6 Å². The Balaban J connectivity index is 1.88. The number of nitrogens with zero attached hydrogens (tertiary/aromatic N) is 2. The summed E-state index contributed by atoms with van der Waals surface area (Å²) >= 11 is 0. The highest BCUT2D eigenvalue weighted by Gasteiger charge is 2.22. The zero-order valence-corrected chi connectivity index (χ0v) is 15.8. The van der Waals surface area contributed by atoms with Crippen molar-refractivity contribution in [2.45, 2.75) is 11.8 Å². The number of hydrogen-bond acceptors (Lipinski definition) is 6. The van der Waals surface area contributed by atoms with Crippen LogP contribution in [-0.2, 0) is 10.0 Å². The first-order valence-corrected chi connectivity index (χ1v) is 9.62. The van der Waals surface area contributed by atoms with E-state index in [1.165, 1.54) is 36.0 Å². The van der Waals surface area contributed by atoms with Gasteiger partial charge in [0.25, 0.3) is 15.9 Å². The third-order valence-electron chi connectivity index (χ3n) is 4.04. The number of aromatic nitrogens is 2. The summed E-state index contributed by atoms with van der Waals surface area (Å²) in [6.07, 6.45) is 1.53. The molecule has 5 N–H and O–H groups in total. The van der Waals surface area contributed by atoms with E-state index in [1.807, 2.05) is 0 Å². The number of phenols is 1. The maximum Gasteiger partial charge on any atom is 0.339 e. The molecule has 0 aliphatic heterocycles. The lowest BCUT2D eigenvalue weighted by atomic mass is 10.1. The van der Waals surface area contributed by atoms with Gasteiger partial charge in [-0.3, -0.25) is 9.52 Å². The molecule has 150 valence electrons. The van der Waals surface area contributed by atoms with Crippen LogP contribution in [0.1, 0.15) is 26.4 Å². The lowest BCUT2D eigenvalue weighted by Crippen LogP contribution is -2.15. The molecule has 1 aromatic heterocycles. The average molecular weight is 416 g/mol. The van der Waals surface area contributed by atoms with E-state index >= 15 is 0 Å². The molecule has 0 aliphatic carbocycles. The second kappa shape index (κ2) is 7.28. The first-order valence-electron chi connectivity index (χ1n) is 8.14. The van der Waals surface area contributed by atoms with Crippen LogP contribution in [0.15, 0.2) is 53.6 Å². The van der Waals surface area contributed by atoms with Crippen LogP contribution >= 0.6 is 0 Å². The lowest BCUT2D eigenvalue weighted by molar-refractivity contribution is 0.0693. The second-order valence-corrected chi connectivity index (χ2v) is 7.75. The molecule has 3 aromatic rings. The predicted octanol–water partition coefficient (Wildman–Crippen LogP) is 1.48. The molecule has 1 amide bonds. The summed E-state index contributed by atoms with van der Waals surface area (Å²) in [6, 6.07) is 9.53. The molecule has 0 radical (unpaired) electrons. The monoisotopic (exact) mass is 416 g/mol. The van der Waals surface area contributed by atoms with Gasteiger partial charge >= 0.3 is 5.97 Å². The highest BCUT2D eigenvalue weighted by molar-refractivity contribution is 7.92. The summed E-state index contributed by atoms with van der Waals surface area (Å²) < 4.78 is 29.1. The Morgan fingerprint density at radius 2 is 1.79 bits per heavy atom. The number of carboxylic acid groups (broad SMARTS) is 1. The normalized spacial score (nSPS) is 11.2. The van der Waals surface area contributed by atoms with Crippen LogP contribution in [0.3, 0.4) is 0 Å². The summed E-state index contributed by atoms with van der Waals surface area (Å²) in [5, 5.41) is 22.8. The van der Waals surface area contributed by atoms with Crippen molar-refractivity contribution in [3.05, 3.63) is 65.5 Å². The van der Waals surface area contributed by atoms with Gasteiger partial charge in [-0.1, -0.05) is 0 Å². The number of carbonyl (C=O) groups excluding carboxylic acids is 1. The Bertz CT molecular complexity index is 1220. The molecule has 0 saturated carbocycles. The number of carbonyl (C=O) groups is 2. The number of nitrogens with one attached hydrogen (secondary N) is 1. The van der Waals surface area contributed by atoms with Crippen molar-refractivity contribution >= 4 is 27.6 Å². The van der Waals surface area contributed by atoms with E-state index in [9.17, 15) is 23.1 Å². The number of amides is 1. The molecular formula is C18H16N4O6S. The maximum absolute atomic E-state index is 12.7. The minimum Gasteiger partial charge on any atom is -0.507 e. The molecule has 10 nitrogen and oxygen atoms in total. The number of nitrogens with two attached hydrogens (primary N) is 1. The molecule has 0 saturated heterocycles. The number of primary amides is 1. The van der Waals surface area contributed by atoms with E-state index in [-0.39, 0.29) is 21.8 Å². The molecule has 0 atom stereocenters. The molecule has 1 heterocycles. The number of rotatable bonds is 6. The Labute approximate surface area is 165 Å². The number of aryl methyl sites for hydroxylation is 1. The zero-order valence-electron chi connectivity index (χ0n) is 15.0. The number of aromatic hydroxyl groups is 1. The lowest BCUT2D eigenvalue weighted by Gasteiger charge is -2.12. The van der Waals surface area contributed by atoms with E-state index < -0.39 is 33.2 Å². The van der Waals surface area contributed by atoms with Crippen molar-refractivity contribution in [2.75, 3.05) is 4.72 Å². The van der Waals surface area contributed by atoms with Gasteiger partial charge in [0.2, 0.25) is 0 Å². The molecule has 0 aliphatic rings. The van der Waals surface area contributed by atoms with Gasteiger partial charge in [-0.2, -0.15) is 5.10 Å². The van der Waals surface area contributed by atoms with E-state index in [4.69, 9.17) is 10.8 Å². The van der Waals surface area contributed by atoms with Crippen LogP contribution in [0.2, 0.25) is 0 Å². The largest absolute Gasteiger partial charge is 0.507 e. The fourth-order valence-electron chi connectivity index (χ4n) is 2.63. The smallest absolute Gasteiger partial charge is 0.339 e. The number of sulfonamides is 1. The van der Waals surface area contributed by atoms with Gasteiger partial charge in [0, 0.05) is 11.9 Å². The molecule has 0 fully saturated rings. The number of benzene rings is 2. The summed E-state index contributed by atoms with van der Waals surface area (Å²) in [5.74, 6) is -2.64. The fourth-order valence-corrected chi connectivity index (χ4v) is 3.94. The summed E-state index contributed by atoms with van der Waals surface area (Å²) in [7, 11) is -4.11. The van der Waals surface area contributed by atoms with E-state index in [1.54, 1.807) is 12.1 Å². The molecule has 11 heteroatoms. The minimum atomic E-state index is -4.11. The Kier molecular flexibility index (Phi) is 4.99. The van der Waals surface area contributed by atoms with Crippen molar-refractivity contribution < 1.29 is 28.2 Å². The van der Waals surface area contributed by atoms with Gasteiger partial charge in [-0.25, -0.2) is 17.9 Å². The van der Waals surface area contributed by atoms with Crippen LogP contribution in [-0.4, -0.2) is 40.3 Å². The predicted molar refractivity (Wildman–Crippen MR) is 103 cm³/mol. The van der Waals surface area contributed by atoms with Gasteiger partial charge in [-0.05, 0) is 55.0 Å². The summed E-state index contributed by atoms with van der Waals surface area (Å²) in [4.78, 5) is 22.0. The van der Waals surface area contributed by atoms with Crippen LogP contribution in [0, 0.1) is 6.92 Å². The van der Waals surface area contributed by atoms with Gasteiger partial charge in [-0.15, -0.1) is 0 Å². The highest BCUT2D eigenvalue weighted by Crippen LogP contribution is 2.27. The van der Waals surface area contributed by atoms with Crippen LogP contribution in [0.5, 0.6) is 5.75 Å². The van der Waals surface area contributed by atoms with Crippen molar-refractivity contribution in [3.63, 3.8) is 0 Å². The van der Waals surface area contributed by atoms with Crippen molar-refractivity contribution in [1.29, 1.82) is 0 Å². The Morgan fingerprint density at radius 3 is 2.34 bits per heavy atom. The molecule has 29 heavy (non-hydrogen) atoms. The summed E-state index contributed by atoms with van der Waals surface area (Å²) in [6.45, 7) is 1.44. The molecule has 2 aromatic carbocycles. The number of anilines is 1. The van der Waals surface area contributed by atoms with Crippen LogP contribution in [0.25, 0.3) is 5.69 Å². The maximum atomic E-state index is 12.7. The standard InChI is InChI=1S/C18H16N4O6S/c1-10-8-15(23)13(18(25)26)9-16(10)29(27,28)21-11-2-4-12(5-3-11)22-7-6-14(20-22)17(19)24/h2-9,21,23H,1H3,(H2,19,24)(H,25,26). The number of carboxylic acids is 1. The average Bonchev–Trinajstić information content (AvgIpc) is 3.12. The molecular weight excluding hydrogens is 400 g/mol. The number of hydrogen-bond donors (Lipinski definition) is 4. The third-order valence-corrected chi connectivity index (χ3v) is 5.56. The molecule has 0 bridgehead atoms. The van der Waals surface area contributed by atoms with Crippen molar-refractivity contribution in [2.24, 2.45) is 5.73 Å². The SMILES string of the molecule is Cc1cc(O)c(C(=O)O)cc1S(=O)(=O)Nc1ccc(-n2ccc(C(N)=O)n2)cc1. The van der Waals surface area contributed by atoms with Gasteiger partial charge in [0.1, 0.15) is 17.0 Å². The van der Waals surface area contributed by atoms with E-state index in [0.717, 1.165) is 12.1 Å². The van der Waals surface area contributed by atoms with Crippen molar-refractivity contribution in [3.8, 4) is 11.4 Å². The fraction of sp³-hybridized carbons (Fsp3) is 0.0556. The molecule has 0 spiro atoms. The van der Waals surface area contributed by atoms with Crippen molar-refractivity contribution in [1.82, 2.24) is 9.78 Å². The molecule has 0 unspecified atom stereocenters. The number of aromatic carboxylic acids is 1. The highest BCUT2D eigenvalue weighted by atomic mass is 32.2. The topological polar surface area (TPSA) is 165 Å². The van der Waals surface area contributed by atoms with E-state index in [2.05, 4.69) is 9.82 Å². The third kappa shape index (κ3) is 4.04. The Hall–Kier alpha value is -3.86. The summed E-state index contributed by atoms with van der Waals surface area (Å²) in [5.41, 5.74) is 5.71. The second-order valence-electron chi connectivity index (χ2n) is 6.10. The first kappa shape index (κ1) is 19.9. The van der Waals surface area contributed by atoms with Gasteiger partial charge in [0.15, 0.2) is 0 Å². The van der Waals surface area contributed by atoms with Crippen LogP contribution in [0.4, 0.5) is 5.69 Å². The van der Waals surface area contributed by atoms with Crippen LogP contribution < -0.4 is 10.5 Å². The zero-order chi connectivity index (χ0) is 21.3. The minimum absolute atomic E-state index is 0.0896. The quantitative estimate of drug-likeness (QED) is 0.472. The first-order chi connectivity index (χ1) is 13.6. The van der Waals surface area contributed by atoms with E-state index in [0.29, 0.717) is 5.69 Å². The van der Waals surface area contributed by atoms with Gasteiger partial charge < -0.3 is 15.9 Å². The molecule has 3 rings (SSSR count). The Morgan fingerprint density at radius 1 is 1.14 bits per heavy atom.